The van der Waals surface area contributed by atoms with Crippen LogP contribution in [-0.4, -0.2) is 12.1 Å². The molecule has 2 aromatic rings. The third-order valence-electron chi connectivity index (χ3n) is 2.59. The second-order valence-electron chi connectivity index (χ2n) is 4.10. The molecule has 1 N–H and O–H groups in total. The number of ether oxygens (including phenoxy) is 1. The van der Waals surface area contributed by atoms with E-state index in [2.05, 4.69) is 38.4 Å². The summed E-state index contributed by atoms with van der Waals surface area (Å²) in [4.78, 5) is 4.07. The molecule has 5 heteroatoms. The van der Waals surface area contributed by atoms with Gasteiger partial charge in [0.05, 0.1) is 12.3 Å². The second-order valence-corrected chi connectivity index (χ2v) is 5.37. The van der Waals surface area contributed by atoms with E-state index in [1.165, 1.54) is 5.56 Å². The van der Waals surface area contributed by atoms with Crippen LogP contribution in [0.15, 0.2) is 41.0 Å². The Labute approximate surface area is 126 Å². The number of halogens is 2. The zero-order valence-corrected chi connectivity index (χ0v) is 12.8. The molecule has 0 aliphatic carbocycles. The van der Waals surface area contributed by atoms with Crippen LogP contribution in [0.4, 0.5) is 5.69 Å². The van der Waals surface area contributed by atoms with Gasteiger partial charge >= 0.3 is 0 Å². The Balaban J connectivity index is 2.05. The summed E-state index contributed by atoms with van der Waals surface area (Å²) in [6.45, 7) is 1.31. The molecule has 0 bridgehead atoms. The molecular formula is C14H14BrClN2O. The van der Waals surface area contributed by atoms with E-state index in [1.54, 1.807) is 13.3 Å². The maximum Gasteiger partial charge on any atom is 0.152 e. The molecule has 0 atom stereocenters. The van der Waals surface area contributed by atoms with Crippen molar-refractivity contribution in [1.29, 1.82) is 0 Å². The summed E-state index contributed by atoms with van der Waals surface area (Å²) in [7, 11) is 1.69. The molecule has 0 saturated carbocycles. The van der Waals surface area contributed by atoms with Gasteiger partial charge < -0.3 is 10.1 Å². The van der Waals surface area contributed by atoms with Gasteiger partial charge in [0.15, 0.2) is 5.15 Å². The van der Waals surface area contributed by atoms with E-state index in [4.69, 9.17) is 16.3 Å². The summed E-state index contributed by atoms with van der Waals surface area (Å²) in [6.07, 6.45) is 1.67. The smallest absolute Gasteiger partial charge is 0.152 e. The van der Waals surface area contributed by atoms with Crippen LogP contribution in [0.3, 0.4) is 0 Å². The number of rotatable bonds is 5. The van der Waals surface area contributed by atoms with Gasteiger partial charge in [-0.25, -0.2) is 4.98 Å². The van der Waals surface area contributed by atoms with Crippen molar-refractivity contribution < 1.29 is 4.74 Å². The lowest BCUT2D eigenvalue weighted by Gasteiger charge is -2.09. The Bertz CT molecular complexity index is 563. The summed E-state index contributed by atoms with van der Waals surface area (Å²) in [5, 5.41) is 3.74. The number of pyridine rings is 1. The fraction of sp³-hybridized carbons (Fsp3) is 0.214. The summed E-state index contributed by atoms with van der Waals surface area (Å²) in [5.74, 6) is 0. The Kier molecular flexibility index (Phi) is 5.19. The van der Waals surface area contributed by atoms with Crippen LogP contribution in [0.2, 0.25) is 5.15 Å². The third kappa shape index (κ3) is 4.20. The zero-order valence-electron chi connectivity index (χ0n) is 10.5. The minimum atomic E-state index is 0.469. The van der Waals surface area contributed by atoms with E-state index < -0.39 is 0 Å². The van der Waals surface area contributed by atoms with Gasteiger partial charge in [-0.05, 0) is 33.1 Å². The average molecular weight is 342 g/mol. The Morgan fingerprint density at radius 2 is 2.11 bits per heavy atom. The first kappa shape index (κ1) is 14.3. The monoisotopic (exact) mass is 340 g/mol. The van der Waals surface area contributed by atoms with Crippen LogP contribution in [-0.2, 0) is 17.9 Å². The van der Waals surface area contributed by atoms with Crippen molar-refractivity contribution in [2.24, 2.45) is 0 Å². The van der Waals surface area contributed by atoms with E-state index in [0.29, 0.717) is 18.3 Å². The molecule has 2 rings (SSSR count). The van der Waals surface area contributed by atoms with Crippen molar-refractivity contribution in [2.45, 2.75) is 13.2 Å². The first-order chi connectivity index (χ1) is 9.19. The van der Waals surface area contributed by atoms with E-state index in [0.717, 1.165) is 15.7 Å². The average Bonchev–Trinajstić information content (AvgIpc) is 2.41. The fourth-order valence-electron chi connectivity index (χ4n) is 1.74. The molecule has 0 spiro atoms. The number of aromatic nitrogens is 1. The minimum absolute atomic E-state index is 0.469. The normalized spacial score (nSPS) is 10.5. The molecule has 19 heavy (non-hydrogen) atoms. The van der Waals surface area contributed by atoms with Crippen molar-refractivity contribution in [1.82, 2.24) is 4.98 Å². The quantitative estimate of drug-likeness (QED) is 0.825. The lowest BCUT2D eigenvalue weighted by Crippen LogP contribution is -2.01. The van der Waals surface area contributed by atoms with Gasteiger partial charge in [-0.1, -0.05) is 35.9 Å². The first-order valence-corrected chi connectivity index (χ1v) is 6.98. The number of benzene rings is 1. The van der Waals surface area contributed by atoms with Crippen molar-refractivity contribution >= 4 is 33.2 Å². The summed E-state index contributed by atoms with van der Waals surface area (Å²) in [5.41, 5.74) is 3.14. The van der Waals surface area contributed by atoms with Crippen LogP contribution in [0.25, 0.3) is 0 Å². The number of nitrogens with zero attached hydrogens (tertiary/aromatic N) is 1. The lowest BCUT2D eigenvalue weighted by atomic mass is 10.1. The van der Waals surface area contributed by atoms with Gasteiger partial charge in [-0.2, -0.15) is 0 Å². The van der Waals surface area contributed by atoms with Crippen LogP contribution in [0.1, 0.15) is 11.1 Å². The third-order valence-corrected chi connectivity index (χ3v) is 3.33. The van der Waals surface area contributed by atoms with Gasteiger partial charge in [0, 0.05) is 24.3 Å². The molecule has 0 aliphatic heterocycles. The maximum atomic E-state index is 6.03. The number of hydrogen-bond donors (Lipinski definition) is 1. The van der Waals surface area contributed by atoms with Gasteiger partial charge in [0.2, 0.25) is 0 Å². The molecule has 0 saturated heterocycles. The Hall–Kier alpha value is -1.10. The van der Waals surface area contributed by atoms with E-state index in [1.807, 2.05) is 18.2 Å². The first-order valence-electron chi connectivity index (χ1n) is 5.80. The van der Waals surface area contributed by atoms with Crippen LogP contribution in [0.5, 0.6) is 0 Å². The van der Waals surface area contributed by atoms with Gasteiger partial charge in [0.25, 0.3) is 0 Å². The van der Waals surface area contributed by atoms with Crippen molar-refractivity contribution in [2.75, 3.05) is 12.4 Å². The highest BCUT2D eigenvalue weighted by molar-refractivity contribution is 9.10. The molecule has 0 aliphatic rings. The molecule has 0 radical (unpaired) electrons. The molecule has 0 fully saturated rings. The van der Waals surface area contributed by atoms with Gasteiger partial charge in [0.1, 0.15) is 0 Å². The van der Waals surface area contributed by atoms with E-state index in [9.17, 15) is 0 Å². The highest BCUT2D eigenvalue weighted by Gasteiger charge is 2.02. The fourth-order valence-corrected chi connectivity index (χ4v) is 2.24. The standard InChI is InChI=1S/C14H14BrClN2O/c1-19-9-11-4-2-3-10(5-11)7-17-13-6-12(15)8-18-14(13)16/h2-6,8,17H,7,9H2,1H3. The molecule has 1 aromatic carbocycles. The molecule has 3 nitrogen and oxygen atoms in total. The predicted octanol–water partition coefficient (Wildman–Crippen LogP) is 4.26. The van der Waals surface area contributed by atoms with E-state index >= 15 is 0 Å². The number of anilines is 1. The largest absolute Gasteiger partial charge is 0.380 e. The summed E-state index contributed by atoms with van der Waals surface area (Å²) >= 11 is 9.41. The number of methoxy groups -OCH3 is 1. The molecule has 0 unspecified atom stereocenters. The number of hydrogen-bond acceptors (Lipinski definition) is 3. The van der Waals surface area contributed by atoms with Crippen molar-refractivity contribution in [3.8, 4) is 0 Å². The molecule has 1 aromatic heterocycles. The zero-order chi connectivity index (χ0) is 13.7. The highest BCUT2D eigenvalue weighted by Crippen LogP contribution is 2.23. The molecule has 0 amide bonds. The topological polar surface area (TPSA) is 34.1 Å². The van der Waals surface area contributed by atoms with Gasteiger partial charge in [-0.3, -0.25) is 0 Å². The van der Waals surface area contributed by atoms with Crippen molar-refractivity contribution in [3.05, 3.63) is 57.3 Å². The van der Waals surface area contributed by atoms with Crippen molar-refractivity contribution in [3.63, 3.8) is 0 Å². The molecule has 100 valence electrons. The number of nitrogens with one attached hydrogen (secondary N) is 1. The van der Waals surface area contributed by atoms with Crippen LogP contribution < -0.4 is 5.32 Å². The summed E-state index contributed by atoms with van der Waals surface area (Å²) in [6, 6.07) is 10.1. The second kappa shape index (κ2) is 6.89. The van der Waals surface area contributed by atoms with Crippen LogP contribution >= 0.6 is 27.5 Å². The maximum absolute atomic E-state index is 6.03. The highest BCUT2D eigenvalue weighted by atomic mass is 79.9. The van der Waals surface area contributed by atoms with Crippen LogP contribution in [0, 0.1) is 0 Å². The predicted molar refractivity (Wildman–Crippen MR) is 81.4 cm³/mol. The minimum Gasteiger partial charge on any atom is -0.380 e. The van der Waals surface area contributed by atoms with Gasteiger partial charge in [-0.15, -0.1) is 0 Å². The molecular weight excluding hydrogens is 328 g/mol. The lowest BCUT2D eigenvalue weighted by molar-refractivity contribution is 0.185. The summed E-state index contributed by atoms with van der Waals surface area (Å²) < 4.78 is 6.02. The molecule has 1 heterocycles. The van der Waals surface area contributed by atoms with E-state index in [-0.39, 0.29) is 0 Å². The Morgan fingerprint density at radius 3 is 2.89 bits per heavy atom. The Morgan fingerprint density at radius 1 is 1.32 bits per heavy atom. The SMILES string of the molecule is COCc1cccc(CNc2cc(Br)cnc2Cl)c1.